The van der Waals surface area contributed by atoms with Gasteiger partial charge in [0.25, 0.3) is 0 Å². The summed E-state index contributed by atoms with van der Waals surface area (Å²) in [7, 11) is -3.52. The van der Waals surface area contributed by atoms with Gasteiger partial charge in [-0.25, -0.2) is 8.42 Å². The van der Waals surface area contributed by atoms with E-state index in [0.29, 0.717) is 24.7 Å². The first kappa shape index (κ1) is 14.9. The molecular formula is C15H17N3O3S. The van der Waals surface area contributed by atoms with Crippen LogP contribution in [0.15, 0.2) is 40.3 Å². The molecule has 7 heteroatoms. The van der Waals surface area contributed by atoms with Gasteiger partial charge in [-0.3, -0.25) is 0 Å². The lowest BCUT2D eigenvalue weighted by Crippen LogP contribution is -2.29. The van der Waals surface area contributed by atoms with E-state index in [1.54, 1.807) is 13.0 Å². The number of nitrogens with zero attached hydrogens (tertiary/aromatic N) is 3. The average Bonchev–Trinajstić information content (AvgIpc) is 3.15. The Balaban J connectivity index is 1.83. The molecule has 1 aliphatic heterocycles. The molecule has 2 aromatic rings. The van der Waals surface area contributed by atoms with E-state index in [1.807, 2.05) is 30.3 Å². The molecule has 1 unspecified atom stereocenters. The van der Waals surface area contributed by atoms with Crippen molar-refractivity contribution in [1.82, 2.24) is 14.4 Å². The molecule has 1 aromatic heterocycles. The highest BCUT2D eigenvalue weighted by Gasteiger charge is 2.37. The van der Waals surface area contributed by atoms with Gasteiger partial charge in [0.1, 0.15) is 6.04 Å². The van der Waals surface area contributed by atoms with Gasteiger partial charge in [0.15, 0.2) is 5.82 Å². The molecule has 1 atom stereocenters. The van der Waals surface area contributed by atoms with Crippen LogP contribution in [-0.4, -0.2) is 29.4 Å². The number of benzene rings is 1. The zero-order valence-corrected chi connectivity index (χ0v) is 13.0. The minimum absolute atomic E-state index is 0.367. The normalized spacial score (nSPS) is 20.0. The van der Waals surface area contributed by atoms with Crippen molar-refractivity contribution in [3.8, 4) is 0 Å². The van der Waals surface area contributed by atoms with E-state index in [9.17, 15) is 8.42 Å². The van der Waals surface area contributed by atoms with Gasteiger partial charge in [-0.15, -0.1) is 0 Å². The van der Waals surface area contributed by atoms with Crippen molar-refractivity contribution in [1.29, 1.82) is 0 Å². The average molecular weight is 319 g/mol. The lowest BCUT2D eigenvalue weighted by atomic mass is 10.2. The third kappa shape index (κ3) is 3.10. The molecule has 0 radical (unpaired) electrons. The van der Waals surface area contributed by atoms with Gasteiger partial charge in [-0.1, -0.05) is 35.5 Å². The highest BCUT2D eigenvalue weighted by atomic mass is 32.2. The van der Waals surface area contributed by atoms with Crippen LogP contribution in [0.25, 0.3) is 6.08 Å². The molecule has 6 nitrogen and oxygen atoms in total. The standard InChI is InChI=1S/C15H17N3O3S/c1-12-16-15(21-17-12)14-8-5-10-18(14)22(19,20)11-9-13-6-3-2-4-7-13/h2-4,6-7,9,11,14H,5,8,10H2,1H3/b11-9+. The Morgan fingerprint density at radius 3 is 2.77 bits per heavy atom. The minimum atomic E-state index is -3.52. The molecule has 2 heterocycles. The van der Waals surface area contributed by atoms with Gasteiger partial charge >= 0.3 is 0 Å². The smallest absolute Gasteiger partial charge is 0.245 e. The van der Waals surface area contributed by atoms with Crippen molar-refractivity contribution in [3.63, 3.8) is 0 Å². The summed E-state index contributed by atoms with van der Waals surface area (Å²) >= 11 is 0. The molecule has 1 aliphatic rings. The van der Waals surface area contributed by atoms with E-state index in [1.165, 1.54) is 9.71 Å². The number of hydrogen-bond donors (Lipinski definition) is 0. The van der Waals surface area contributed by atoms with Gasteiger partial charge in [0, 0.05) is 12.0 Å². The van der Waals surface area contributed by atoms with Crippen LogP contribution in [0.2, 0.25) is 0 Å². The summed E-state index contributed by atoms with van der Waals surface area (Å²) in [4.78, 5) is 4.17. The van der Waals surface area contributed by atoms with Gasteiger partial charge in [-0.2, -0.15) is 9.29 Å². The fourth-order valence-corrected chi connectivity index (χ4v) is 3.97. The molecule has 0 saturated carbocycles. The molecule has 1 fully saturated rings. The van der Waals surface area contributed by atoms with Crippen LogP contribution in [0.3, 0.4) is 0 Å². The first-order valence-corrected chi connectivity index (χ1v) is 8.62. The molecule has 3 rings (SSSR count). The summed E-state index contributed by atoms with van der Waals surface area (Å²) in [6.45, 7) is 2.18. The van der Waals surface area contributed by atoms with Crippen LogP contribution in [0.4, 0.5) is 0 Å². The van der Waals surface area contributed by atoms with Gasteiger partial charge in [0.05, 0.1) is 0 Å². The Kier molecular flexibility index (Phi) is 4.08. The molecule has 0 bridgehead atoms. The molecule has 1 saturated heterocycles. The molecule has 0 amide bonds. The molecule has 1 aromatic carbocycles. The topological polar surface area (TPSA) is 76.3 Å². The summed E-state index contributed by atoms with van der Waals surface area (Å²) in [6.07, 6.45) is 3.08. The van der Waals surface area contributed by atoms with E-state index in [0.717, 1.165) is 12.0 Å². The lowest BCUT2D eigenvalue weighted by Gasteiger charge is -2.19. The predicted molar refractivity (Wildman–Crippen MR) is 82.1 cm³/mol. The second-order valence-electron chi connectivity index (χ2n) is 5.21. The lowest BCUT2D eigenvalue weighted by molar-refractivity contribution is 0.291. The Morgan fingerprint density at radius 1 is 1.32 bits per heavy atom. The summed E-state index contributed by atoms with van der Waals surface area (Å²) in [5, 5.41) is 4.99. The van der Waals surface area contributed by atoms with Crippen LogP contribution in [0.5, 0.6) is 0 Å². The fraction of sp³-hybridized carbons (Fsp3) is 0.333. The quantitative estimate of drug-likeness (QED) is 0.865. The number of aryl methyl sites for hydroxylation is 1. The largest absolute Gasteiger partial charge is 0.338 e. The maximum absolute atomic E-state index is 12.5. The second kappa shape index (κ2) is 6.02. The van der Waals surface area contributed by atoms with Gasteiger partial charge in [-0.05, 0) is 31.4 Å². The van der Waals surface area contributed by atoms with Crippen LogP contribution >= 0.6 is 0 Å². The molecule has 116 valence electrons. The highest BCUT2D eigenvalue weighted by Crippen LogP contribution is 2.33. The second-order valence-corrected chi connectivity index (χ2v) is 6.98. The number of aromatic nitrogens is 2. The number of hydrogen-bond acceptors (Lipinski definition) is 5. The van der Waals surface area contributed by atoms with Crippen LogP contribution in [-0.2, 0) is 10.0 Å². The maximum Gasteiger partial charge on any atom is 0.245 e. The molecule has 0 aliphatic carbocycles. The van der Waals surface area contributed by atoms with Crippen molar-refractivity contribution in [3.05, 3.63) is 53.0 Å². The third-order valence-electron chi connectivity index (χ3n) is 3.59. The van der Waals surface area contributed by atoms with Crippen molar-refractivity contribution < 1.29 is 12.9 Å². The van der Waals surface area contributed by atoms with Crippen molar-refractivity contribution >= 4 is 16.1 Å². The fourth-order valence-electron chi connectivity index (χ4n) is 2.55. The van der Waals surface area contributed by atoms with Crippen LogP contribution in [0.1, 0.15) is 36.2 Å². The first-order valence-electron chi connectivity index (χ1n) is 7.11. The number of sulfonamides is 1. The van der Waals surface area contributed by atoms with Crippen molar-refractivity contribution in [2.45, 2.75) is 25.8 Å². The molecular weight excluding hydrogens is 302 g/mol. The highest BCUT2D eigenvalue weighted by molar-refractivity contribution is 7.92. The Bertz CT molecular complexity index is 768. The SMILES string of the molecule is Cc1noc(C2CCCN2S(=O)(=O)/C=C/c2ccccc2)n1. The summed E-state index contributed by atoms with van der Waals surface area (Å²) in [5.41, 5.74) is 0.843. The summed E-state index contributed by atoms with van der Waals surface area (Å²) in [5.74, 6) is 0.880. The molecule has 0 N–H and O–H groups in total. The molecule has 0 spiro atoms. The van der Waals surface area contributed by atoms with E-state index >= 15 is 0 Å². The van der Waals surface area contributed by atoms with Crippen LogP contribution < -0.4 is 0 Å². The summed E-state index contributed by atoms with van der Waals surface area (Å²) in [6, 6.07) is 8.97. The predicted octanol–water partition coefficient (Wildman–Crippen LogP) is 2.52. The van der Waals surface area contributed by atoms with Crippen molar-refractivity contribution in [2.24, 2.45) is 0 Å². The van der Waals surface area contributed by atoms with E-state index < -0.39 is 10.0 Å². The van der Waals surface area contributed by atoms with E-state index in [-0.39, 0.29) is 6.04 Å². The monoisotopic (exact) mass is 319 g/mol. The minimum Gasteiger partial charge on any atom is -0.338 e. The maximum atomic E-state index is 12.5. The number of rotatable bonds is 4. The van der Waals surface area contributed by atoms with E-state index in [4.69, 9.17) is 4.52 Å². The third-order valence-corrected chi connectivity index (χ3v) is 5.16. The van der Waals surface area contributed by atoms with Crippen molar-refractivity contribution in [2.75, 3.05) is 6.54 Å². The van der Waals surface area contributed by atoms with Crippen LogP contribution in [0, 0.1) is 6.92 Å². The Labute approximate surface area is 129 Å². The van der Waals surface area contributed by atoms with Gasteiger partial charge < -0.3 is 4.52 Å². The zero-order valence-electron chi connectivity index (χ0n) is 12.2. The molecule has 22 heavy (non-hydrogen) atoms. The Hall–Kier alpha value is -1.99. The Morgan fingerprint density at radius 2 is 2.09 bits per heavy atom. The first-order chi connectivity index (χ1) is 10.6. The zero-order chi connectivity index (χ0) is 15.6. The van der Waals surface area contributed by atoms with Gasteiger partial charge in [0.2, 0.25) is 15.9 Å². The van der Waals surface area contributed by atoms with E-state index in [2.05, 4.69) is 10.1 Å². The summed E-state index contributed by atoms with van der Waals surface area (Å²) < 4.78 is 31.7.